The van der Waals surface area contributed by atoms with E-state index in [-0.39, 0.29) is 36.2 Å². The van der Waals surface area contributed by atoms with E-state index in [1.165, 1.54) is 17.6 Å². The SMILES string of the molecule is Cc1csc(-c2coc3cc(OC(=O)CCCCC[NH3+])ccc3c2=O)[nH+]1.[Cl-].[Cl-]. The first-order valence-corrected chi connectivity index (χ1v) is 9.49. The predicted molar refractivity (Wildman–Crippen MR) is 98.9 cm³/mol. The number of quaternary nitrogens is 1. The van der Waals surface area contributed by atoms with E-state index in [0.29, 0.717) is 28.7 Å². The molecule has 0 aliphatic carbocycles. The molecule has 28 heavy (non-hydrogen) atoms. The Labute approximate surface area is 178 Å². The van der Waals surface area contributed by atoms with Crippen molar-refractivity contribution in [2.45, 2.75) is 32.6 Å². The summed E-state index contributed by atoms with van der Waals surface area (Å²) >= 11 is 1.46. The van der Waals surface area contributed by atoms with Gasteiger partial charge in [-0.1, -0.05) is 11.3 Å². The van der Waals surface area contributed by atoms with E-state index in [1.807, 2.05) is 12.3 Å². The molecule has 0 atom stereocenters. The van der Waals surface area contributed by atoms with Gasteiger partial charge in [0.05, 0.1) is 17.3 Å². The Kier molecular flexibility index (Phi) is 9.61. The number of fused-ring (bicyclic) bond motifs is 1. The normalized spacial score (nSPS) is 10.2. The van der Waals surface area contributed by atoms with Crippen LogP contribution in [0.15, 0.2) is 39.1 Å². The zero-order chi connectivity index (χ0) is 18.5. The van der Waals surface area contributed by atoms with Gasteiger partial charge in [0.25, 0.3) is 5.01 Å². The van der Waals surface area contributed by atoms with Crippen LogP contribution in [0, 0.1) is 6.92 Å². The van der Waals surface area contributed by atoms with Gasteiger partial charge in [-0.3, -0.25) is 9.59 Å². The number of rotatable bonds is 7. The van der Waals surface area contributed by atoms with E-state index >= 15 is 0 Å². The van der Waals surface area contributed by atoms with Crippen molar-refractivity contribution in [3.05, 3.63) is 45.8 Å². The molecule has 0 saturated heterocycles. The van der Waals surface area contributed by atoms with Crippen molar-refractivity contribution in [3.8, 4) is 16.3 Å². The minimum atomic E-state index is -0.281. The van der Waals surface area contributed by atoms with Crippen molar-refractivity contribution in [3.63, 3.8) is 0 Å². The van der Waals surface area contributed by atoms with Crippen LogP contribution in [-0.2, 0) is 4.79 Å². The van der Waals surface area contributed by atoms with Crippen LogP contribution in [0.1, 0.15) is 31.4 Å². The van der Waals surface area contributed by atoms with E-state index in [2.05, 4.69) is 10.7 Å². The van der Waals surface area contributed by atoms with Crippen LogP contribution in [0.4, 0.5) is 0 Å². The molecular weight excluding hydrogens is 423 g/mol. The van der Waals surface area contributed by atoms with Gasteiger partial charge >= 0.3 is 5.97 Å². The molecular formula is C19H22Cl2N2O4S. The number of thiazole rings is 1. The average Bonchev–Trinajstić information content (AvgIpc) is 3.05. The highest BCUT2D eigenvalue weighted by Crippen LogP contribution is 2.23. The molecule has 3 rings (SSSR count). The van der Waals surface area contributed by atoms with Crippen LogP contribution in [0.3, 0.4) is 0 Å². The summed E-state index contributed by atoms with van der Waals surface area (Å²) in [5.41, 5.74) is 5.54. The molecule has 0 fully saturated rings. The Bertz CT molecular complexity index is 987. The molecule has 152 valence electrons. The third kappa shape index (κ3) is 5.78. The van der Waals surface area contributed by atoms with Crippen molar-refractivity contribution >= 4 is 28.3 Å². The van der Waals surface area contributed by atoms with Gasteiger partial charge in [0.1, 0.15) is 23.2 Å². The molecule has 3 aromatic rings. The number of aromatic amines is 1. The second-order valence-corrected chi connectivity index (χ2v) is 7.03. The molecule has 4 N–H and O–H groups in total. The number of unbranched alkanes of at least 4 members (excludes halogenated alkanes) is 2. The maximum Gasteiger partial charge on any atom is 0.311 e. The fourth-order valence-electron chi connectivity index (χ4n) is 2.65. The van der Waals surface area contributed by atoms with Gasteiger partial charge in [-0.15, -0.1) is 0 Å². The van der Waals surface area contributed by atoms with Crippen LogP contribution in [0.2, 0.25) is 0 Å². The maximum absolute atomic E-state index is 12.7. The first-order valence-electron chi connectivity index (χ1n) is 8.62. The molecule has 0 saturated carbocycles. The lowest BCUT2D eigenvalue weighted by molar-refractivity contribution is -0.368. The number of carbonyl (C=O) groups excluding carboxylic acids is 1. The number of hydrogen-bond acceptors (Lipinski definition) is 5. The molecule has 0 spiro atoms. The molecule has 2 aromatic heterocycles. The zero-order valence-electron chi connectivity index (χ0n) is 15.4. The molecule has 0 aliphatic rings. The summed E-state index contributed by atoms with van der Waals surface area (Å²) in [6, 6.07) is 4.84. The minimum absolute atomic E-state index is 0. The van der Waals surface area contributed by atoms with Crippen LogP contribution in [-0.4, -0.2) is 12.5 Å². The number of benzene rings is 1. The Balaban J connectivity index is 0.00000196. The van der Waals surface area contributed by atoms with Crippen molar-refractivity contribution in [2.75, 3.05) is 6.54 Å². The third-order valence-corrected chi connectivity index (χ3v) is 5.05. The Hall–Kier alpha value is -1.93. The van der Waals surface area contributed by atoms with Gasteiger partial charge in [-0.25, -0.2) is 0 Å². The largest absolute Gasteiger partial charge is 1.00 e. The lowest BCUT2D eigenvalue weighted by Gasteiger charge is -2.05. The quantitative estimate of drug-likeness (QED) is 0.231. The summed E-state index contributed by atoms with van der Waals surface area (Å²) in [4.78, 5) is 27.7. The van der Waals surface area contributed by atoms with Crippen LogP contribution >= 0.6 is 11.3 Å². The Morgan fingerprint density at radius 3 is 2.71 bits per heavy atom. The highest BCUT2D eigenvalue weighted by Gasteiger charge is 2.17. The van der Waals surface area contributed by atoms with Gasteiger partial charge in [-0.05, 0) is 31.4 Å². The fourth-order valence-corrected chi connectivity index (χ4v) is 3.49. The first-order chi connectivity index (χ1) is 12.6. The number of nitrogens with one attached hydrogen (secondary N) is 1. The molecule has 2 heterocycles. The molecule has 6 nitrogen and oxygen atoms in total. The predicted octanol–water partition coefficient (Wildman–Crippen LogP) is -3.64. The molecule has 0 aliphatic heterocycles. The van der Waals surface area contributed by atoms with Gasteiger partial charge < -0.3 is 39.7 Å². The number of esters is 1. The minimum Gasteiger partial charge on any atom is -1.00 e. The smallest absolute Gasteiger partial charge is 0.311 e. The van der Waals surface area contributed by atoms with Crippen molar-refractivity contribution < 1.29 is 49.5 Å². The standard InChI is InChI=1S/C19H20N2O4S.2ClH/c1-12-11-26-19(21-12)15-10-24-16-9-13(6-7-14(16)18(15)23)25-17(22)5-3-2-4-8-20;;/h6-7,9-11H,2-5,8,20H2,1H3;2*1H. The van der Waals surface area contributed by atoms with E-state index in [9.17, 15) is 9.59 Å². The third-order valence-electron chi connectivity index (χ3n) is 4.02. The molecule has 1 aromatic carbocycles. The zero-order valence-corrected chi connectivity index (χ0v) is 17.8. The summed E-state index contributed by atoms with van der Waals surface area (Å²) in [7, 11) is 0. The number of ether oxygens (including phenoxy) is 1. The topological polar surface area (TPSA) is 98.3 Å². The molecule has 0 radical (unpaired) electrons. The van der Waals surface area contributed by atoms with Crippen molar-refractivity contribution in [1.82, 2.24) is 0 Å². The number of H-pyrrole nitrogens is 1. The molecule has 9 heteroatoms. The number of aromatic nitrogens is 1. The number of halogens is 2. The summed E-state index contributed by atoms with van der Waals surface area (Å²) in [6.07, 6.45) is 4.58. The monoisotopic (exact) mass is 444 g/mol. The summed E-state index contributed by atoms with van der Waals surface area (Å²) in [5, 5.41) is 3.16. The number of aryl methyl sites for hydroxylation is 1. The average molecular weight is 445 g/mol. The van der Waals surface area contributed by atoms with Crippen molar-refractivity contribution in [2.24, 2.45) is 0 Å². The van der Waals surface area contributed by atoms with Crippen LogP contribution < -0.4 is 45.7 Å². The number of hydrogen-bond donors (Lipinski definition) is 1. The van der Waals surface area contributed by atoms with E-state index in [4.69, 9.17) is 9.15 Å². The lowest BCUT2D eigenvalue weighted by Crippen LogP contribution is -3.00. The second kappa shape index (κ2) is 11.2. The Morgan fingerprint density at radius 2 is 2.04 bits per heavy atom. The Morgan fingerprint density at radius 1 is 1.25 bits per heavy atom. The first kappa shape index (κ1) is 24.1. The second-order valence-electron chi connectivity index (χ2n) is 6.15. The van der Waals surface area contributed by atoms with Gasteiger partial charge in [0.2, 0.25) is 5.43 Å². The van der Waals surface area contributed by atoms with Crippen LogP contribution in [0.25, 0.3) is 21.5 Å². The van der Waals surface area contributed by atoms with E-state index in [0.717, 1.165) is 36.5 Å². The summed E-state index contributed by atoms with van der Waals surface area (Å²) in [6.45, 7) is 2.81. The van der Waals surface area contributed by atoms with Crippen molar-refractivity contribution in [1.29, 1.82) is 0 Å². The lowest BCUT2D eigenvalue weighted by atomic mass is 10.1. The maximum atomic E-state index is 12.7. The number of carbonyl (C=O) groups is 1. The molecule has 0 bridgehead atoms. The summed E-state index contributed by atoms with van der Waals surface area (Å²) in [5.74, 6) is 0.102. The summed E-state index contributed by atoms with van der Waals surface area (Å²) < 4.78 is 11.0. The highest BCUT2D eigenvalue weighted by atomic mass is 35.5. The van der Waals surface area contributed by atoms with Gasteiger partial charge in [0.15, 0.2) is 5.69 Å². The van der Waals surface area contributed by atoms with E-state index < -0.39 is 0 Å². The highest BCUT2D eigenvalue weighted by molar-refractivity contribution is 7.12. The van der Waals surface area contributed by atoms with E-state index in [1.54, 1.807) is 18.2 Å². The van der Waals surface area contributed by atoms with Gasteiger partial charge in [-0.2, -0.15) is 4.98 Å². The van der Waals surface area contributed by atoms with Gasteiger partial charge in [0, 0.05) is 19.4 Å². The fraction of sp³-hybridized carbons (Fsp3) is 0.316. The molecule has 0 amide bonds. The molecule has 0 unspecified atom stereocenters. The van der Waals surface area contributed by atoms with Crippen LogP contribution in [0.5, 0.6) is 5.75 Å².